The van der Waals surface area contributed by atoms with Crippen LogP contribution in [0.3, 0.4) is 0 Å². The van der Waals surface area contributed by atoms with Crippen LogP contribution < -0.4 is 5.32 Å². The number of nitrogens with zero attached hydrogens (tertiary/aromatic N) is 2. The number of methoxy groups -OCH3 is 1. The molecule has 1 N–H and O–H groups in total. The van der Waals surface area contributed by atoms with Gasteiger partial charge >= 0.3 is 5.97 Å². The minimum Gasteiger partial charge on any atom is -0.465 e. The topological polar surface area (TPSA) is 81.2 Å². The lowest BCUT2D eigenvalue weighted by atomic mass is 10.1. The number of hydrogen-bond acceptors (Lipinski definition) is 7. The molecule has 0 aliphatic rings. The molecule has 3 rings (SSSR count). The first-order valence-corrected chi connectivity index (χ1v) is 10.2. The first-order chi connectivity index (χ1) is 14.0. The predicted molar refractivity (Wildman–Crippen MR) is 111 cm³/mol. The number of carbonyl (C=O) groups is 2. The lowest BCUT2D eigenvalue weighted by molar-refractivity contribution is -0.111. The van der Waals surface area contributed by atoms with Gasteiger partial charge < -0.3 is 4.74 Å². The molecular formula is C20H16FN3O3S2. The van der Waals surface area contributed by atoms with E-state index in [0.717, 1.165) is 5.56 Å². The molecule has 0 saturated carbocycles. The molecule has 9 heteroatoms. The maximum Gasteiger partial charge on any atom is 0.337 e. The Bertz CT molecular complexity index is 1020. The van der Waals surface area contributed by atoms with Crippen LogP contribution in [-0.4, -0.2) is 29.2 Å². The molecule has 0 spiro atoms. The molecule has 1 amide bonds. The molecule has 148 valence electrons. The summed E-state index contributed by atoms with van der Waals surface area (Å²) in [6.07, 6.45) is 2.94. The van der Waals surface area contributed by atoms with Crippen LogP contribution in [0.1, 0.15) is 21.5 Å². The van der Waals surface area contributed by atoms with Gasteiger partial charge in [0.05, 0.1) is 12.7 Å². The maximum atomic E-state index is 12.9. The average Bonchev–Trinajstić information content (AvgIpc) is 3.19. The van der Waals surface area contributed by atoms with Crippen molar-refractivity contribution in [3.63, 3.8) is 0 Å². The molecule has 0 bridgehead atoms. The maximum absolute atomic E-state index is 12.9. The third-order valence-corrected chi connectivity index (χ3v) is 5.71. The van der Waals surface area contributed by atoms with E-state index in [1.165, 1.54) is 48.4 Å². The Morgan fingerprint density at radius 3 is 2.55 bits per heavy atom. The Balaban J connectivity index is 1.50. The molecule has 1 heterocycles. The van der Waals surface area contributed by atoms with E-state index >= 15 is 0 Å². The summed E-state index contributed by atoms with van der Waals surface area (Å²) in [4.78, 5) is 23.4. The summed E-state index contributed by atoms with van der Waals surface area (Å²) < 4.78 is 18.3. The van der Waals surface area contributed by atoms with Gasteiger partial charge in [0.15, 0.2) is 4.34 Å². The number of ether oxygens (including phenoxy) is 1. The van der Waals surface area contributed by atoms with Gasteiger partial charge in [0.2, 0.25) is 11.0 Å². The number of esters is 1. The van der Waals surface area contributed by atoms with Crippen molar-refractivity contribution in [3.8, 4) is 0 Å². The molecule has 6 nitrogen and oxygen atoms in total. The van der Waals surface area contributed by atoms with Gasteiger partial charge in [-0.2, -0.15) is 0 Å². The summed E-state index contributed by atoms with van der Waals surface area (Å²) in [5.74, 6) is -0.401. The van der Waals surface area contributed by atoms with E-state index in [1.54, 1.807) is 30.3 Å². The minimum absolute atomic E-state index is 0.329. The van der Waals surface area contributed by atoms with Crippen LogP contribution >= 0.6 is 23.1 Å². The smallest absolute Gasteiger partial charge is 0.337 e. The van der Waals surface area contributed by atoms with Gasteiger partial charge in [-0.25, -0.2) is 9.18 Å². The van der Waals surface area contributed by atoms with Crippen LogP contribution in [0, 0.1) is 5.82 Å². The highest BCUT2D eigenvalue weighted by Gasteiger charge is 2.08. The lowest BCUT2D eigenvalue weighted by Crippen LogP contribution is -2.07. The number of amides is 1. The van der Waals surface area contributed by atoms with Crippen LogP contribution in [0.4, 0.5) is 9.52 Å². The highest BCUT2D eigenvalue weighted by molar-refractivity contribution is 8.00. The zero-order chi connectivity index (χ0) is 20.6. The van der Waals surface area contributed by atoms with E-state index in [1.807, 2.05) is 12.1 Å². The molecule has 0 radical (unpaired) electrons. The quantitative estimate of drug-likeness (QED) is 0.259. The first-order valence-electron chi connectivity index (χ1n) is 8.41. The van der Waals surface area contributed by atoms with Crippen molar-refractivity contribution >= 4 is 46.2 Å². The number of carbonyl (C=O) groups excluding carboxylic acids is 2. The monoisotopic (exact) mass is 429 g/mol. The number of hydrogen-bond donors (Lipinski definition) is 1. The van der Waals surface area contributed by atoms with E-state index in [-0.39, 0.29) is 17.7 Å². The molecule has 0 saturated heterocycles. The molecule has 0 aliphatic carbocycles. The second-order valence-electron chi connectivity index (χ2n) is 5.72. The molecule has 1 aromatic heterocycles. The summed E-state index contributed by atoms with van der Waals surface area (Å²) >= 11 is 2.74. The Hall–Kier alpha value is -3.04. The van der Waals surface area contributed by atoms with Gasteiger partial charge in [-0.3, -0.25) is 10.1 Å². The van der Waals surface area contributed by atoms with E-state index in [4.69, 9.17) is 0 Å². The van der Waals surface area contributed by atoms with Gasteiger partial charge in [0.25, 0.3) is 0 Å². The molecule has 3 aromatic rings. The number of benzene rings is 2. The molecule has 0 aliphatic heterocycles. The van der Waals surface area contributed by atoms with Gasteiger partial charge in [-0.15, -0.1) is 10.2 Å². The Labute approximate surface area is 174 Å². The first kappa shape index (κ1) is 20.7. The van der Waals surface area contributed by atoms with Gasteiger partial charge in [0.1, 0.15) is 5.82 Å². The number of anilines is 1. The number of aromatic nitrogens is 2. The molecule has 29 heavy (non-hydrogen) atoms. The second-order valence-corrected chi connectivity index (χ2v) is 7.92. The minimum atomic E-state index is -0.373. The van der Waals surface area contributed by atoms with Crippen LogP contribution in [0.5, 0.6) is 0 Å². The molecule has 2 aromatic carbocycles. The summed E-state index contributed by atoms with van der Waals surface area (Å²) in [5, 5.41) is 11.0. The van der Waals surface area contributed by atoms with Crippen LogP contribution in [0.25, 0.3) is 6.08 Å². The largest absolute Gasteiger partial charge is 0.465 e. The van der Waals surface area contributed by atoms with Crippen molar-refractivity contribution < 1.29 is 18.7 Å². The normalized spacial score (nSPS) is 10.8. The Morgan fingerprint density at radius 1 is 1.14 bits per heavy atom. The molecule has 0 fully saturated rings. The summed E-state index contributed by atoms with van der Waals surface area (Å²) in [6, 6.07) is 12.9. The van der Waals surface area contributed by atoms with Crippen molar-refractivity contribution in [2.24, 2.45) is 0 Å². The molecule has 0 atom stereocenters. The fourth-order valence-electron chi connectivity index (χ4n) is 2.21. The highest BCUT2D eigenvalue weighted by Crippen LogP contribution is 2.28. The third kappa shape index (κ3) is 6.23. The Kier molecular flexibility index (Phi) is 7.09. The van der Waals surface area contributed by atoms with Gasteiger partial charge in [-0.05, 0) is 41.5 Å². The fraction of sp³-hybridized carbons (Fsp3) is 0.100. The van der Waals surface area contributed by atoms with Crippen LogP contribution in [-0.2, 0) is 15.3 Å². The van der Waals surface area contributed by atoms with Gasteiger partial charge in [0, 0.05) is 11.8 Å². The second kappa shape index (κ2) is 9.94. The van der Waals surface area contributed by atoms with Crippen LogP contribution in [0.15, 0.2) is 58.9 Å². The number of nitrogens with one attached hydrogen (secondary N) is 1. The number of halogens is 1. The summed E-state index contributed by atoms with van der Waals surface area (Å²) in [5.41, 5.74) is 2.23. The zero-order valence-electron chi connectivity index (χ0n) is 15.3. The van der Waals surface area contributed by atoms with Crippen molar-refractivity contribution in [2.45, 2.75) is 10.1 Å². The average molecular weight is 429 g/mol. The van der Waals surface area contributed by atoms with E-state index in [0.29, 0.717) is 26.4 Å². The number of thioether (sulfide) groups is 1. The van der Waals surface area contributed by atoms with Crippen molar-refractivity contribution in [1.29, 1.82) is 0 Å². The summed E-state index contributed by atoms with van der Waals surface area (Å²) in [6.45, 7) is 0. The lowest BCUT2D eigenvalue weighted by Gasteiger charge is -2.01. The Morgan fingerprint density at radius 2 is 1.86 bits per heavy atom. The SMILES string of the molecule is COC(=O)c1ccc(CSc2nnc(NC(=O)/C=C/c3ccc(F)cc3)s2)cc1. The van der Waals surface area contributed by atoms with E-state index in [2.05, 4.69) is 20.3 Å². The molecule has 0 unspecified atom stereocenters. The summed E-state index contributed by atoms with van der Waals surface area (Å²) in [7, 11) is 1.34. The van der Waals surface area contributed by atoms with Crippen LogP contribution in [0.2, 0.25) is 0 Å². The van der Waals surface area contributed by atoms with Gasteiger partial charge in [-0.1, -0.05) is 47.4 Å². The fourth-order valence-corrected chi connectivity index (χ4v) is 3.92. The predicted octanol–water partition coefficient (Wildman–Crippen LogP) is 4.41. The number of rotatable bonds is 7. The zero-order valence-corrected chi connectivity index (χ0v) is 16.9. The molecular weight excluding hydrogens is 413 g/mol. The standard InChI is InChI=1S/C20H16FN3O3S2/c1-27-18(26)15-7-2-14(3-8-15)12-28-20-24-23-19(29-20)22-17(25)11-6-13-4-9-16(21)10-5-13/h2-11H,12H2,1H3,(H,22,23,25)/b11-6+. The van der Waals surface area contributed by atoms with Crippen molar-refractivity contribution in [3.05, 3.63) is 77.1 Å². The van der Waals surface area contributed by atoms with Crippen molar-refractivity contribution in [1.82, 2.24) is 10.2 Å². The highest BCUT2D eigenvalue weighted by atomic mass is 32.2. The van der Waals surface area contributed by atoms with E-state index in [9.17, 15) is 14.0 Å². The van der Waals surface area contributed by atoms with E-state index < -0.39 is 0 Å². The van der Waals surface area contributed by atoms with Crippen molar-refractivity contribution in [2.75, 3.05) is 12.4 Å². The third-order valence-electron chi connectivity index (χ3n) is 3.67.